The van der Waals surface area contributed by atoms with E-state index in [0.717, 1.165) is 12.8 Å². The summed E-state index contributed by atoms with van der Waals surface area (Å²) in [6.07, 6.45) is 30.1. The van der Waals surface area contributed by atoms with Gasteiger partial charge in [0.2, 0.25) is 5.91 Å². The molecule has 0 aliphatic carbocycles. The van der Waals surface area contributed by atoms with Crippen LogP contribution in [0.1, 0.15) is 155 Å². The second-order valence-corrected chi connectivity index (χ2v) is 11.2. The third-order valence-corrected chi connectivity index (χ3v) is 7.23. The summed E-state index contributed by atoms with van der Waals surface area (Å²) in [5.74, 6) is -0.309. The summed E-state index contributed by atoms with van der Waals surface area (Å²) in [5, 5.41) is 2.81. The van der Waals surface area contributed by atoms with Crippen molar-refractivity contribution in [3.05, 3.63) is 12.7 Å². The Labute approximate surface area is 247 Å². The minimum atomic E-state index is -2.58. The molecule has 0 aliphatic heterocycles. The van der Waals surface area contributed by atoms with Gasteiger partial charge in [-0.1, -0.05) is 148 Å². The Kier molecular flexibility index (Phi) is 29.9. The molecule has 5 nitrogen and oxygen atoms in total. The standard InChI is InChI=1S/C29H56NO4S.Na/c1-4-6-7-8-9-10-11-12-13-14-15-16-17-18-19-20-21-22-23-24-25-26-29(3,27-34-35(32)33)30-28(31)5-2;/h5H,2,4,6-27H2,1,3H3,(H,30,31);/q-1;+1. The minimum absolute atomic E-state index is 0. The monoisotopic (exact) mass is 537 g/mol. The number of carbonyl (C=O) groups is 1. The second-order valence-electron chi connectivity index (χ2n) is 10.5. The molecular formula is C29H56NNaO4S. The van der Waals surface area contributed by atoms with Crippen LogP contribution in [0.15, 0.2) is 12.7 Å². The third-order valence-electron chi connectivity index (χ3n) is 6.92. The van der Waals surface area contributed by atoms with Crippen LogP contribution in [-0.4, -0.2) is 18.1 Å². The normalized spacial score (nSPS) is 12.8. The maximum Gasteiger partial charge on any atom is 1.00 e. The number of hydrogen-bond acceptors (Lipinski definition) is 5. The SMILES string of the molecule is C=CC(=O)NC(C)(CCCCCCCCCCCCCCCCCCCCCCC)CO[S-](=O)=O.[Na+]. The van der Waals surface area contributed by atoms with Crippen LogP contribution in [0, 0.1) is 0 Å². The van der Waals surface area contributed by atoms with E-state index >= 15 is 0 Å². The first-order valence-corrected chi connectivity index (χ1v) is 15.6. The van der Waals surface area contributed by atoms with Gasteiger partial charge < -0.3 is 17.9 Å². The molecule has 1 amide bonds. The van der Waals surface area contributed by atoms with Crippen LogP contribution in [0.2, 0.25) is 0 Å². The van der Waals surface area contributed by atoms with E-state index < -0.39 is 16.5 Å². The van der Waals surface area contributed by atoms with Crippen molar-refractivity contribution in [3.8, 4) is 0 Å². The van der Waals surface area contributed by atoms with Crippen molar-refractivity contribution in [1.29, 1.82) is 0 Å². The van der Waals surface area contributed by atoms with E-state index in [0.29, 0.717) is 6.42 Å². The molecule has 0 radical (unpaired) electrons. The van der Waals surface area contributed by atoms with Crippen LogP contribution >= 0.6 is 0 Å². The molecule has 0 aliphatic rings. The summed E-state index contributed by atoms with van der Waals surface area (Å²) in [6, 6.07) is 0. The first-order valence-electron chi connectivity index (χ1n) is 14.6. The van der Waals surface area contributed by atoms with Crippen molar-refractivity contribution in [2.45, 2.75) is 161 Å². The molecule has 0 heterocycles. The molecule has 0 bridgehead atoms. The van der Waals surface area contributed by atoms with Crippen molar-refractivity contribution in [3.63, 3.8) is 0 Å². The van der Waals surface area contributed by atoms with E-state index in [2.05, 4.69) is 18.8 Å². The van der Waals surface area contributed by atoms with Gasteiger partial charge in [0.1, 0.15) is 0 Å². The number of carbonyl (C=O) groups excluding carboxylic acids is 1. The summed E-state index contributed by atoms with van der Waals surface area (Å²) < 4.78 is 26.1. The van der Waals surface area contributed by atoms with Crippen molar-refractivity contribution in [1.82, 2.24) is 5.32 Å². The van der Waals surface area contributed by atoms with E-state index in [1.165, 1.54) is 128 Å². The van der Waals surface area contributed by atoms with Crippen LogP contribution in [0.5, 0.6) is 0 Å². The molecule has 208 valence electrons. The molecule has 0 aromatic rings. The van der Waals surface area contributed by atoms with Gasteiger partial charge in [0.25, 0.3) is 0 Å². The zero-order valence-corrected chi connectivity index (χ0v) is 26.9. The van der Waals surface area contributed by atoms with Crippen LogP contribution in [0.3, 0.4) is 0 Å². The van der Waals surface area contributed by atoms with E-state index in [1.807, 2.05) is 6.92 Å². The maximum absolute atomic E-state index is 11.7. The zero-order valence-electron chi connectivity index (χ0n) is 24.1. The fraction of sp³-hybridized carbons (Fsp3) is 0.897. The molecule has 0 rings (SSSR count). The summed E-state index contributed by atoms with van der Waals surface area (Å²) in [7, 11) is -2.58. The van der Waals surface area contributed by atoms with Gasteiger partial charge in [0.15, 0.2) is 0 Å². The number of hydrogen-bond donors (Lipinski definition) is 1. The fourth-order valence-electron chi connectivity index (χ4n) is 4.64. The van der Waals surface area contributed by atoms with Gasteiger partial charge >= 0.3 is 29.6 Å². The summed E-state index contributed by atoms with van der Waals surface area (Å²) in [5.41, 5.74) is -0.695. The second kappa shape index (κ2) is 28.1. The smallest absolute Gasteiger partial charge is 0.422 e. The zero-order chi connectivity index (χ0) is 26.0. The molecule has 36 heavy (non-hydrogen) atoms. The van der Waals surface area contributed by atoms with Crippen molar-refractivity contribution in [2.24, 2.45) is 0 Å². The van der Waals surface area contributed by atoms with Gasteiger partial charge in [0.05, 0.1) is 23.1 Å². The van der Waals surface area contributed by atoms with Crippen LogP contribution in [-0.2, 0) is 28.4 Å². The Morgan fingerprint density at radius 2 is 1.06 bits per heavy atom. The Balaban J connectivity index is 0. The van der Waals surface area contributed by atoms with E-state index in [1.54, 1.807) is 0 Å². The van der Waals surface area contributed by atoms with Gasteiger partial charge in [-0.05, 0) is 19.4 Å². The Hall–Kier alpha value is 0.120. The molecule has 1 unspecified atom stereocenters. The van der Waals surface area contributed by atoms with Gasteiger partial charge in [0, 0.05) is 0 Å². The average Bonchev–Trinajstić information content (AvgIpc) is 2.83. The van der Waals surface area contributed by atoms with Crippen LogP contribution in [0.4, 0.5) is 0 Å². The third kappa shape index (κ3) is 27.2. The molecule has 0 aromatic heterocycles. The van der Waals surface area contributed by atoms with E-state index in [4.69, 9.17) is 4.18 Å². The largest absolute Gasteiger partial charge is 1.00 e. The van der Waals surface area contributed by atoms with Gasteiger partial charge in [-0.25, -0.2) is 0 Å². The van der Waals surface area contributed by atoms with Crippen LogP contribution in [0.25, 0.3) is 0 Å². The Bertz CT molecular complexity index is 578. The molecule has 1 N–H and O–H groups in total. The van der Waals surface area contributed by atoms with Crippen molar-refractivity contribution < 1.29 is 47.0 Å². The van der Waals surface area contributed by atoms with Gasteiger partial charge in [-0.15, -0.1) is 0 Å². The van der Waals surface area contributed by atoms with E-state index in [-0.39, 0.29) is 42.1 Å². The number of rotatable bonds is 27. The Morgan fingerprint density at radius 1 is 0.722 bits per heavy atom. The minimum Gasteiger partial charge on any atom is -0.422 e. The fourth-order valence-corrected chi connectivity index (χ4v) is 5.00. The first-order chi connectivity index (χ1) is 16.9. The molecule has 0 spiro atoms. The predicted octanol–water partition coefficient (Wildman–Crippen LogP) is 5.89. The molecule has 7 heteroatoms. The number of unbranched alkanes of at least 4 members (excludes halogenated alkanes) is 20. The quantitative estimate of drug-likeness (QED) is 0.0613. The predicted molar refractivity (Wildman–Crippen MR) is 149 cm³/mol. The molecule has 0 saturated carbocycles. The van der Waals surface area contributed by atoms with Crippen LogP contribution < -0.4 is 34.9 Å². The van der Waals surface area contributed by atoms with Crippen molar-refractivity contribution >= 4 is 16.9 Å². The number of nitrogens with one attached hydrogen (secondary N) is 1. The van der Waals surface area contributed by atoms with E-state index in [9.17, 15) is 13.2 Å². The molecular weight excluding hydrogens is 481 g/mol. The number of amides is 1. The molecule has 0 fully saturated rings. The molecule has 0 saturated heterocycles. The van der Waals surface area contributed by atoms with Gasteiger partial charge in [-0.2, -0.15) is 0 Å². The summed E-state index contributed by atoms with van der Waals surface area (Å²) in [4.78, 5) is 11.7. The molecule has 1 atom stereocenters. The first kappa shape index (κ1) is 38.3. The maximum atomic E-state index is 11.7. The topological polar surface area (TPSA) is 72.5 Å². The average molecular weight is 538 g/mol. The molecule has 0 aromatic carbocycles. The van der Waals surface area contributed by atoms with Gasteiger partial charge in [-0.3, -0.25) is 4.79 Å². The van der Waals surface area contributed by atoms with Crippen molar-refractivity contribution in [2.75, 3.05) is 6.61 Å². The summed E-state index contributed by atoms with van der Waals surface area (Å²) >= 11 is 0. The summed E-state index contributed by atoms with van der Waals surface area (Å²) in [6.45, 7) is 7.50. The Morgan fingerprint density at radius 3 is 1.36 bits per heavy atom.